The molecule has 0 N–H and O–H groups in total. The molecule has 4 heteroatoms. The molecule has 0 spiro atoms. The standard InChI is InChI=1S/C9H15F3O/c1-8(2,3)7-6(4-5-13-7)9(10,11)12/h6-7H,4-5H2,1-3H3. The first-order chi connectivity index (χ1) is 5.73. The Morgan fingerprint density at radius 3 is 2.00 bits per heavy atom. The highest BCUT2D eigenvalue weighted by Crippen LogP contribution is 2.43. The van der Waals surface area contributed by atoms with Crippen LogP contribution in [-0.2, 0) is 4.74 Å². The monoisotopic (exact) mass is 196 g/mol. The minimum atomic E-state index is -4.12. The van der Waals surface area contributed by atoms with Gasteiger partial charge in [-0.25, -0.2) is 0 Å². The average molecular weight is 196 g/mol. The van der Waals surface area contributed by atoms with Gasteiger partial charge >= 0.3 is 6.18 Å². The number of ether oxygens (including phenoxy) is 1. The predicted octanol–water partition coefficient (Wildman–Crippen LogP) is 3.00. The first-order valence-electron chi connectivity index (χ1n) is 4.41. The molecule has 13 heavy (non-hydrogen) atoms. The molecule has 1 aliphatic heterocycles. The van der Waals surface area contributed by atoms with E-state index in [2.05, 4.69) is 0 Å². The highest BCUT2D eigenvalue weighted by atomic mass is 19.4. The van der Waals surface area contributed by atoms with Gasteiger partial charge in [0.25, 0.3) is 0 Å². The molecule has 0 radical (unpaired) electrons. The van der Waals surface area contributed by atoms with E-state index in [4.69, 9.17) is 4.74 Å². The molecule has 78 valence electrons. The third-order valence-electron chi connectivity index (χ3n) is 2.37. The topological polar surface area (TPSA) is 9.23 Å². The first kappa shape index (κ1) is 10.8. The summed E-state index contributed by atoms with van der Waals surface area (Å²) in [5.74, 6) is -1.28. The maximum atomic E-state index is 12.5. The van der Waals surface area contributed by atoms with Crippen LogP contribution in [0.25, 0.3) is 0 Å². The summed E-state index contributed by atoms with van der Waals surface area (Å²) >= 11 is 0. The van der Waals surface area contributed by atoms with Gasteiger partial charge in [-0.1, -0.05) is 20.8 Å². The maximum absolute atomic E-state index is 12.5. The Balaban J connectivity index is 2.76. The van der Waals surface area contributed by atoms with E-state index in [1.54, 1.807) is 20.8 Å². The molecule has 1 aliphatic rings. The number of hydrogen-bond donors (Lipinski definition) is 0. The predicted molar refractivity (Wildman–Crippen MR) is 43.4 cm³/mol. The van der Waals surface area contributed by atoms with Gasteiger partial charge in [-0.3, -0.25) is 0 Å². The van der Waals surface area contributed by atoms with E-state index in [1.165, 1.54) is 0 Å². The van der Waals surface area contributed by atoms with Crippen molar-refractivity contribution in [2.75, 3.05) is 6.61 Å². The number of halogens is 3. The molecule has 0 aromatic heterocycles. The number of rotatable bonds is 0. The van der Waals surface area contributed by atoms with Crippen molar-refractivity contribution in [2.45, 2.75) is 39.5 Å². The van der Waals surface area contributed by atoms with Crippen LogP contribution < -0.4 is 0 Å². The van der Waals surface area contributed by atoms with Gasteiger partial charge in [-0.15, -0.1) is 0 Å². The summed E-state index contributed by atoms with van der Waals surface area (Å²) in [6, 6.07) is 0. The van der Waals surface area contributed by atoms with Crippen molar-refractivity contribution in [2.24, 2.45) is 11.3 Å². The molecule has 2 unspecified atom stereocenters. The third kappa shape index (κ3) is 2.36. The molecular formula is C9H15F3O. The molecule has 1 nitrogen and oxygen atoms in total. The van der Waals surface area contributed by atoms with Crippen LogP contribution in [-0.4, -0.2) is 18.9 Å². The lowest BCUT2D eigenvalue weighted by Crippen LogP contribution is -2.39. The molecule has 2 atom stereocenters. The van der Waals surface area contributed by atoms with Crippen LogP contribution in [0.2, 0.25) is 0 Å². The van der Waals surface area contributed by atoms with Crippen LogP contribution in [0, 0.1) is 11.3 Å². The zero-order chi connectivity index (χ0) is 10.3. The summed E-state index contributed by atoms with van der Waals surface area (Å²) in [6.45, 7) is 5.57. The fraction of sp³-hybridized carbons (Fsp3) is 1.00. The van der Waals surface area contributed by atoms with Gasteiger partial charge in [-0.05, 0) is 11.8 Å². The molecule has 0 bridgehead atoms. The van der Waals surface area contributed by atoms with E-state index < -0.39 is 23.6 Å². The van der Waals surface area contributed by atoms with Gasteiger partial charge in [0, 0.05) is 6.61 Å². The van der Waals surface area contributed by atoms with Gasteiger partial charge < -0.3 is 4.74 Å². The van der Waals surface area contributed by atoms with Crippen LogP contribution in [0.1, 0.15) is 27.2 Å². The Bertz CT molecular complexity index is 160. The summed E-state index contributed by atoms with van der Waals surface area (Å²) in [5, 5.41) is 0. The molecule has 0 aliphatic carbocycles. The normalized spacial score (nSPS) is 30.9. The molecule has 1 saturated heterocycles. The quantitative estimate of drug-likeness (QED) is 0.578. The molecule has 0 saturated carbocycles. The Kier molecular flexibility index (Phi) is 2.63. The Hall–Kier alpha value is -0.250. The van der Waals surface area contributed by atoms with Crippen molar-refractivity contribution in [3.8, 4) is 0 Å². The largest absolute Gasteiger partial charge is 0.394 e. The highest BCUT2D eigenvalue weighted by molar-refractivity contribution is 4.89. The van der Waals surface area contributed by atoms with Crippen LogP contribution in [0.15, 0.2) is 0 Å². The average Bonchev–Trinajstić information content (AvgIpc) is 2.27. The smallest absolute Gasteiger partial charge is 0.377 e. The van der Waals surface area contributed by atoms with Gasteiger partial charge in [-0.2, -0.15) is 13.2 Å². The second-order valence-corrected chi connectivity index (χ2v) is 4.59. The fourth-order valence-corrected chi connectivity index (χ4v) is 1.78. The molecule has 1 fully saturated rings. The molecule has 0 amide bonds. The molecular weight excluding hydrogens is 181 g/mol. The summed E-state index contributed by atoms with van der Waals surface area (Å²) in [6.07, 6.45) is -4.70. The summed E-state index contributed by atoms with van der Waals surface area (Å²) < 4.78 is 42.5. The Morgan fingerprint density at radius 1 is 1.15 bits per heavy atom. The van der Waals surface area contributed by atoms with Crippen molar-refractivity contribution >= 4 is 0 Å². The van der Waals surface area contributed by atoms with Crippen molar-refractivity contribution in [3.63, 3.8) is 0 Å². The van der Waals surface area contributed by atoms with E-state index in [9.17, 15) is 13.2 Å². The van der Waals surface area contributed by atoms with Gasteiger partial charge in [0.15, 0.2) is 0 Å². The number of alkyl halides is 3. The van der Waals surface area contributed by atoms with Crippen LogP contribution in [0.3, 0.4) is 0 Å². The highest BCUT2D eigenvalue weighted by Gasteiger charge is 2.51. The third-order valence-corrected chi connectivity index (χ3v) is 2.37. The van der Waals surface area contributed by atoms with E-state index in [0.717, 1.165) is 0 Å². The van der Waals surface area contributed by atoms with Crippen LogP contribution >= 0.6 is 0 Å². The first-order valence-corrected chi connectivity index (χ1v) is 4.41. The second kappa shape index (κ2) is 3.15. The lowest BCUT2D eigenvalue weighted by atomic mass is 9.81. The second-order valence-electron chi connectivity index (χ2n) is 4.59. The van der Waals surface area contributed by atoms with Crippen molar-refractivity contribution in [3.05, 3.63) is 0 Å². The molecule has 1 heterocycles. The zero-order valence-corrected chi connectivity index (χ0v) is 8.11. The zero-order valence-electron chi connectivity index (χ0n) is 8.11. The van der Waals surface area contributed by atoms with Crippen molar-refractivity contribution in [1.82, 2.24) is 0 Å². The van der Waals surface area contributed by atoms with E-state index in [1.807, 2.05) is 0 Å². The minimum Gasteiger partial charge on any atom is -0.377 e. The van der Waals surface area contributed by atoms with E-state index in [-0.39, 0.29) is 13.0 Å². The fourth-order valence-electron chi connectivity index (χ4n) is 1.78. The van der Waals surface area contributed by atoms with Gasteiger partial charge in [0.1, 0.15) is 0 Å². The Morgan fingerprint density at radius 2 is 1.69 bits per heavy atom. The summed E-state index contributed by atoms with van der Waals surface area (Å²) in [7, 11) is 0. The summed E-state index contributed by atoms with van der Waals surface area (Å²) in [5.41, 5.74) is -0.434. The SMILES string of the molecule is CC(C)(C)C1OCCC1C(F)(F)F. The number of hydrogen-bond acceptors (Lipinski definition) is 1. The lowest BCUT2D eigenvalue weighted by molar-refractivity contribution is -0.197. The molecule has 0 aromatic rings. The van der Waals surface area contributed by atoms with Crippen LogP contribution in [0.5, 0.6) is 0 Å². The summed E-state index contributed by atoms with van der Waals surface area (Å²) in [4.78, 5) is 0. The molecule has 1 rings (SSSR count). The van der Waals surface area contributed by atoms with Gasteiger partial charge in [0.05, 0.1) is 12.0 Å². The Labute approximate surface area is 76.3 Å². The minimum absolute atomic E-state index is 0.103. The lowest BCUT2D eigenvalue weighted by Gasteiger charge is -2.31. The van der Waals surface area contributed by atoms with Crippen molar-refractivity contribution in [1.29, 1.82) is 0 Å². The maximum Gasteiger partial charge on any atom is 0.394 e. The van der Waals surface area contributed by atoms with Crippen LogP contribution in [0.4, 0.5) is 13.2 Å². The van der Waals surface area contributed by atoms with E-state index in [0.29, 0.717) is 0 Å². The molecule has 0 aromatic carbocycles. The van der Waals surface area contributed by atoms with E-state index >= 15 is 0 Å². The van der Waals surface area contributed by atoms with Crippen molar-refractivity contribution < 1.29 is 17.9 Å². The van der Waals surface area contributed by atoms with Gasteiger partial charge in [0.2, 0.25) is 0 Å².